The van der Waals surface area contributed by atoms with Gasteiger partial charge in [0.15, 0.2) is 6.61 Å². The molecule has 2 aromatic carbocycles. The first-order valence-electron chi connectivity index (χ1n) is 9.49. The van der Waals surface area contributed by atoms with Crippen LogP contribution in [0.5, 0.6) is 5.75 Å². The lowest BCUT2D eigenvalue weighted by Gasteiger charge is -2.32. The molecule has 1 aliphatic rings. The van der Waals surface area contributed by atoms with Crippen molar-refractivity contribution in [2.45, 2.75) is 18.6 Å². The summed E-state index contributed by atoms with van der Waals surface area (Å²) < 4.78 is 32.7. The zero-order valence-electron chi connectivity index (χ0n) is 15.8. The molecule has 1 heterocycles. The maximum Gasteiger partial charge on any atom is 0.260 e. The van der Waals surface area contributed by atoms with Crippen LogP contribution in [0.3, 0.4) is 0 Å². The molecule has 1 fully saturated rings. The number of carbonyl (C=O) groups excluding carboxylic acids is 1. The van der Waals surface area contributed by atoms with Crippen LogP contribution in [-0.4, -0.2) is 45.5 Å². The van der Waals surface area contributed by atoms with Crippen LogP contribution in [0.4, 0.5) is 0 Å². The Morgan fingerprint density at radius 1 is 1.00 bits per heavy atom. The van der Waals surface area contributed by atoms with Gasteiger partial charge in [-0.25, -0.2) is 13.1 Å². The number of hydrogen-bond donors (Lipinski definition) is 1. The summed E-state index contributed by atoms with van der Waals surface area (Å²) in [5.41, 5.74) is 0.772. The molecule has 0 aliphatic carbocycles. The number of sulfonamides is 1. The van der Waals surface area contributed by atoms with Crippen LogP contribution in [0.25, 0.3) is 0 Å². The normalized spacial score (nSPS) is 15.4. The summed E-state index contributed by atoms with van der Waals surface area (Å²) >= 11 is 0. The van der Waals surface area contributed by atoms with Crippen LogP contribution >= 0.6 is 0 Å². The molecule has 150 valence electrons. The molecule has 0 atom stereocenters. The number of piperidine rings is 1. The summed E-state index contributed by atoms with van der Waals surface area (Å²) in [6, 6.07) is 18.4. The number of hydrogen-bond acceptors (Lipinski definition) is 4. The standard InChI is InChI=1S/C21H26N2O4S/c24-21(16-27-20-9-5-2-6-10-20)23-13-11-18(12-14-23)15-22-28(25,26)17-19-7-3-1-4-8-19/h1-10,18,22H,11-17H2. The van der Waals surface area contributed by atoms with Gasteiger partial charge in [-0.15, -0.1) is 0 Å². The van der Waals surface area contributed by atoms with Gasteiger partial charge in [-0.2, -0.15) is 0 Å². The van der Waals surface area contributed by atoms with E-state index >= 15 is 0 Å². The number of carbonyl (C=O) groups is 1. The molecular formula is C21H26N2O4S. The van der Waals surface area contributed by atoms with E-state index in [1.54, 1.807) is 17.0 Å². The van der Waals surface area contributed by atoms with Gasteiger partial charge in [0.05, 0.1) is 5.75 Å². The molecular weight excluding hydrogens is 376 g/mol. The Morgan fingerprint density at radius 3 is 2.25 bits per heavy atom. The van der Waals surface area contributed by atoms with E-state index in [2.05, 4.69) is 4.72 Å². The number of ether oxygens (including phenoxy) is 1. The van der Waals surface area contributed by atoms with Crippen LogP contribution in [0.15, 0.2) is 60.7 Å². The Labute approximate surface area is 166 Å². The second-order valence-electron chi connectivity index (χ2n) is 7.02. The fourth-order valence-corrected chi connectivity index (χ4v) is 4.45. The Bertz CT molecular complexity index is 848. The first-order valence-corrected chi connectivity index (χ1v) is 11.1. The first kappa shape index (κ1) is 20.4. The topological polar surface area (TPSA) is 75.7 Å². The van der Waals surface area contributed by atoms with E-state index in [1.165, 1.54) is 0 Å². The molecule has 1 N–H and O–H groups in total. The van der Waals surface area contributed by atoms with E-state index in [0.717, 1.165) is 18.4 Å². The van der Waals surface area contributed by atoms with Gasteiger partial charge in [-0.1, -0.05) is 48.5 Å². The van der Waals surface area contributed by atoms with Gasteiger partial charge in [-0.05, 0) is 36.5 Å². The van der Waals surface area contributed by atoms with Crippen molar-refractivity contribution in [3.63, 3.8) is 0 Å². The molecule has 0 aromatic heterocycles. The summed E-state index contributed by atoms with van der Waals surface area (Å²) in [4.78, 5) is 14.1. The number of nitrogens with one attached hydrogen (secondary N) is 1. The highest BCUT2D eigenvalue weighted by Gasteiger charge is 2.24. The van der Waals surface area contributed by atoms with Crippen molar-refractivity contribution >= 4 is 15.9 Å². The average Bonchev–Trinajstić information content (AvgIpc) is 2.72. The number of likely N-dealkylation sites (tertiary alicyclic amines) is 1. The summed E-state index contributed by atoms with van der Waals surface area (Å²) in [5, 5.41) is 0. The monoisotopic (exact) mass is 402 g/mol. The Morgan fingerprint density at radius 2 is 1.61 bits per heavy atom. The maximum atomic E-state index is 12.3. The summed E-state index contributed by atoms with van der Waals surface area (Å²) in [7, 11) is -3.35. The first-order chi connectivity index (χ1) is 13.5. The maximum absolute atomic E-state index is 12.3. The van der Waals surface area contributed by atoms with Crippen LogP contribution in [0, 0.1) is 5.92 Å². The van der Waals surface area contributed by atoms with Crippen LogP contribution in [-0.2, 0) is 20.6 Å². The fraction of sp³-hybridized carbons (Fsp3) is 0.381. The smallest absolute Gasteiger partial charge is 0.260 e. The van der Waals surface area contributed by atoms with E-state index in [0.29, 0.717) is 25.4 Å². The van der Waals surface area contributed by atoms with Crippen molar-refractivity contribution in [3.05, 3.63) is 66.2 Å². The zero-order chi connectivity index (χ0) is 19.8. The predicted octanol–water partition coefficient (Wildman–Crippen LogP) is 2.42. The molecule has 7 heteroatoms. The lowest BCUT2D eigenvalue weighted by atomic mass is 9.97. The van der Waals surface area contributed by atoms with Gasteiger partial charge < -0.3 is 9.64 Å². The highest BCUT2D eigenvalue weighted by Crippen LogP contribution is 2.18. The minimum absolute atomic E-state index is 0.0119. The Hall–Kier alpha value is -2.38. The molecule has 0 bridgehead atoms. The van der Waals surface area contributed by atoms with Gasteiger partial charge in [0.2, 0.25) is 10.0 Å². The van der Waals surface area contributed by atoms with Crippen molar-refractivity contribution in [1.29, 1.82) is 0 Å². The number of benzene rings is 2. The van der Waals surface area contributed by atoms with E-state index < -0.39 is 10.0 Å². The molecule has 2 aromatic rings. The van der Waals surface area contributed by atoms with Crippen LogP contribution < -0.4 is 9.46 Å². The highest BCUT2D eigenvalue weighted by atomic mass is 32.2. The summed E-state index contributed by atoms with van der Waals surface area (Å²) in [6.45, 7) is 1.69. The third kappa shape index (κ3) is 6.35. The summed E-state index contributed by atoms with van der Waals surface area (Å²) in [6.07, 6.45) is 1.57. The van der Waals surface area contributed by atoms with Gasteiger partial charge in [-0.3, -0.25) is 4.79 Å². The van der Waals surface area contributed by atoms with Gasteiger partial charge in [0.25, 0.3) is 5.91 Å². The molecule has 0 spiro atoms. The molecule has 28 heavy (non-hydrogen) atoms. The zero-order valence-corrected chi connectivity index (χ0v) is 16.6. The highest BCUT2D eigenvalue weighted by molar-refractivity contribution is 7.88. The quantitative estimate of drug-likeness (QED) is 0.736. The molecule has 6 nitrogen and oxygen atoms in total. The molecule has 3 rings (SSSR count). The van der Waals surface area contributed by atoms with Gasteiger partial charge in [0.1, 0.15) is 5.75 Å². The number of para-hydroxylation sites is 1. The second-order valence-corrected chi connectivity index (χ2v) is 8.83. The van der Waals surface area contributed by atoms with Crippen molar-refractivity contribution in [2.24, 2.45) is 5.92 Å². The molecule has 0 radical (unpaired) electrons. The van der Waals surface area contributed by atoms with Crippen molar-refractivity contribution in [3.8, 4) is 5.75 Å². The molecule has 1 amide bonds. The lowest BCUT2D eigenvalue weighted by Crippen LogP contribution is -2.43. The van der Waals surface area contributed by atoms with E-state index in [1.807, 2.05) is 48.5 Å². The summed E-state index contributed by atoms with van der Waals surface area (Å²) in [5.74, 6) is 0.872. The van der Waals surface area contributed by atoms with Crippen molar-refractivity contribution < 1.29 is 17.9 Å². The van der Waals surface area contributed by atoms with E-state index in [4.69, 9.17) is 4.74 Å². The molecule has 1 saturated heterocycles. The molecule has 0 unspecified atom stereocenters. The largest absolute Gasteiger partial charge is 0.484 e. The fourth-order valence-electron chi connectivity index (χ4n) is 3.23. The van der Waals surface area contributed by atoms with E-state index in [9.17, 15) is 13.2 Å². The Balaban J connectivity index is 1.38. The number of nitrogens with zero attached hydrogens (tertiary/aromatic N) is 1. The third-order valence-electron chi connectivity index (χ3n) is 4.86. The number of rotatable bonds is 8. The SMILES string of the molecule is O=C(COc1ccccc1)N1CCC(CNS(=O)(=O)Cc2ccccc2)CC1. The third-order valence-corrected chi connectivity index (χ3v) is 6.18. The second kappa shape index (κ2) is 9.71. The van der Waals surface area contributed by atoms with E-state index in [-0.39, 0.29) is 24.2 Å². The number of amides is 1. The predicted molar refractivity (Wildman–Crippen MR) is 108 cm³/mol. The van der Waals surface area contributed by atoms with Crippen LogP contribution in [0.2, 0.25) is 0 Å². The van der Waals surface area contributed by atoms with Crippen molar-refractivity contribution in [1.82, 2.24) is 9.62 Å². The van der Waals surface area contributed by atoms with Gasteiger partial charge in [0, 0.05) is 19.6 Å². The molecule has 1 aliphatic heterocycles. The van der Waals surface area contributed by atoms with Gasteiger partial charge >= 0.3 is 0 Å². The van der Waals surface area contributed by atoms with Crippen LogP contribution in [0.1, 0.15) is 18.4 Å². The molecule has 0 saturated carbocycles. The minimum atomic E-state index is -3.35. The average molecular weight is 403 g/mol. The minimum Gasteiger partial charge on any atom is -0.484 e. The lowest BCUT2D eigenvalue weighted by molar-refractivity contribution is -0.134. The van der Waals surface area contributed by atoms with Crippen molar-refractivity contribution in [2.75, 3.05) is 26.2 Å². The Kier molecular flexibility index (Phi) is 7.06.